The summed E-state index contributed by atoms with van der Waals surface area (Å²) in [6.45, 7) is 5.64. The Balaban J connectivity index is 1.67. The largest absolute Gasteiger partial charge is 0.496 e. The fourth-order valence-corrected chi connectivity index (χ4v) is 2.81. The minimum Gasteiger partial charge on any atom is -0.496 e. The van der Waals surface area contributed by atoms with Crippen LogP contribution in [0.15, 0.2) is 24.3 Å². The lowest BCUT2D eigenvalue weighted by Gasteiger charge is -2.33. The number of carbonyl (C=O) groups is 2. The molecule has 1 aromatic carbocycles. The van der Waals surface area contributed by atoms with Crippen LogP contribution in [-0.4, -0.2) is 74.8 Å². The Morgan fingerprint density at radius 2 is 1.88 bits per heavy atom. The maximum absolute atomic E-state index is 12.1. The third kappa shape index (κ3) is 5.94. The monoisotopic (exact) mass is 349 g/mol. The normalized spacial score (nSPS) is 14.9. The van der Waals surface area contributed by atoms with Gasteiger partial charge in [0.05, 0.1) is 20.3 Å². The van der Waals surface area contributed by atoms with Crippen LogP contribution in [0.2, 0.25) is 0 Å². The Kier molecular flexibility index (Phi) is 7.53. The Morgan fingerprint density at radius 3 is 2.56 bits per heavy atom. The van der Waals surface area contributed by atoms with Crippen LogP contribution >= 0.6 is 0 Å². The van der Waals surface area contributed by atoms with E-state index in [0.717, 1.165) is 17.7 Å². The van der Waals surface area contributed by atoms with E-state index in [1.807, 2.05) is 29.2 Å². The summed E-state index contributed by atoms with van der Waals surface area (Å²) in [4.78, 5) is 27.5. The first-order valence-corrected chi connectivity index (χ1v) is 8.66. The number of benzene rings is 1. The topological polar surface area (TPSA) is 71.1 Å². The number of carbonyl (C=O) groups excluding carboxylic acids is 2. The summed E-state index contributed by atoms with van der Waals surface area (Å²) in [5.41, 5.74) is 1.08. The highest BCUT2D eigenvalue weighted by Crippen LogP contribution is 2.17. The van der Waals surface area contributed by atoms with Crippen molar-refractivity contribution in [2.24, 2.45) is 0 Å². The Labute approximate surface area is 148 Å². The average molecular weight is 349 g/mol. The highest BCUT2D eigenvalue weighted by atomic mass is 16.6. The lowest BCUT2D eigenvalue weighted by Crippen LogP contribution is -2.51. The molecule has 7 nitrogen and oxygen atoms in total. The predicted molar refractivity (Wildman–Crippen MR) is 94.7 cm³/mol. The molecule has 0 aliphatic carbocycles. The molecule has 1 fully saturated rings. The summed E-state index contributed by atoms with van der Waals surface area (Å²) in [6, 6.07) is 7.80. The van der Waals surface area contributed by atoms with Gasteiger partial charge >= 0.3 is 6.09 Å². The number of methoxy groups -OCH3 is 1. The fraction of sp³-hybridized carbons (Fsp3) is 0.556. The van der Waals surface area contributed by atoms with Gasteiger partial charge in [0.2, 0.25) is 5.91 Å². The van der Waals surface area contributed by atoms with Crippen LogP contribution in [0.1, 0.15) is 12.5 Å². The maximum atomic E-state index is 12.1. The third-order valence-corrected chi connectivity index (χ3v) is 4.17. The zero-order valence-corrected chi connectivity index (χ0v) is 15.0. The number of para-hydroxylation sites is 1. The van der Waals surface area contributed by atoms with Gasteiger partial charge in [0.25, 0.3) is 0 Å². The zero-order chi connectivity index (χ0) is 18.1. The van der Waals surface area contributed by atoms with Crippen LogP contribution in [0, 0.1) is 0 Å². The fourth-order valence-electron chi connectivity index (χ4n) is 2.81. The highest BCUT2D eigenvalue weighted by molar-refractivity contribution is 5.78. The molecule has 25 heavy (non-hydrogen) atoms. The second kappa shape index (κ2) is 9.88. The van der Waals surface area contributed by atoms with Crippen molar-refractivity contribution < 1.29 is 19.1 Å². The second-order valence-corrected chi connectivity index (χ2v) is 5.87. The zero-order valence-electron chi connectivity index (χ0n) is 15.0. The number of rotatable bonds is 7. The Morgan fingerprint density at radius 1 is 1.16 bits per heavy atom. The van der Waals surface area contributed by atoms with E-state index in [2.05, 4.69) is 5.32 Å². The molecule has 138 valence electrons. The third-order valence-electron chi connectivity index (χ3n) is 4.17. The molecule has 1 saturated heterocycles. The van der Waals surface area contributed by atoms with Crippen molar-refractivity contribution in [1.29, 1.82) is 0 Å². The molecule has 1 heterocycles. The quantitative estimate of drug-likeness (QED) is 0.799. The molecule has 0 saturated carbocycles. The van der Waals surface area contributed by atoms with Crippen LogP contribution < -0.4 is 10.1 Å². The first-order valence-electron chi connectivity index (χ1n) is 8.66. The van der Waals surface area contributed by atoms with Crippen molar-refractivity contribution in [2.75, 3.05) is 53.0 Å². The number of nitrogens with one attached hydrogen (secondary N) is 1. The number of ether oxygens (including phenoxy) is 2. The summed E-state index contributed by atoms with van der Waals surface area (Å²) in [7, 11) is 1.65. The van der Waals surface area contributed by atoms with Crippen molar-refractivity contribution in [3.63, 3.8) is 0 Å². The minimum absolute atomic E-state index is 0.000479. The number of nitrogens with zero attached hydrogens (tertiary/aromatic N) is 2. The summed E-state index contributed by atoms with van der Waals surface area (Å²) in [5.74, 6) is 0.839. The molecule has 0 bridgehead atoms. The van der Waals surface area contributed by atoms with E-state index in [1.165, 1.54) is 0 Å². The van der Waals surface area contributed by atoms with Gasteiger partial charge in [-0.15, -0.1) is 0 Å². The van der Waals surface area contributed by atoms with Crippen molar-refractivity contribution in [3.8, 4) is 5.75 Å². The highest BCUT2D eigenvalue weighted by Gasteiger charge is 2.22. The van der Waals surface area contributed by atoms with Gasteiger partial charge in [-0.25, -0.2) is 4.79 Å². The molecular weight excluding hydrogens is 322 g/mol. The minimum atomic E-state index is -0.275. The molecule has 2 rings (SSSR count). The average Bonchev–Trinajstić information content (AvgIpc) is 2.63. The van der Waals surface area contributed by atoms with Crippen molar-refractivity contribution in [1.82, 2.24) is 15.1 Å². The van der Waals surface area contributed by atoms with E-state index in [0.29, 0.717) is 45.9 Å². The predicted octanol–water partition coefficient (Wildman–Crippen LogP) is 1.13. The van der Waals surface area contributed by atoms with Crippen molar-refractivity contribution >= 4 is 12.0 Å². The Hall–Kier alpha value is -2.28. The molecule has 0 spiro atoms. The lowest BCUT2D eigenvalue weighted by atomic mass is 10.1. The van der Waals surface area contributed by atoms with Crippen molar-refractivity contribution in [2.45, 2.75) is 13.3 Å². The van der Waals surface area contributed by atoms with Gasteiger partial charge in [0.1, 0.15) is 5.75 Å². The first kappa shape index (κ1) is 19.1. The maximum Gasteiger partial charge on any atom is 0.409 e. The molecule has 2 amide bonds. The number of piperazine rings is 1. The molecule has 1 aromatic rings. The molecule has 1 N–H and O–H groups in total. The SMILES string of the molecule is CCOC(=O)N1CCN(CC(=O)NCCc2ccccc2OC)CC1. The lowest BCUT2D eigenvalue weighted by molar-refractivity contribution is -0.122. The molecule has 1 aliphatic heterocycles. The van der Waals surface area contributed by atoms with E-state index in [1.54, 1.807) is 18.9 Å². The molecule has 0 unspecified atom stereocenters. The van der Waals surface area contributed by atoms with E-state index in [-0.39, 0.29) is 12.0 Å². The van der Waals surface area contributed by atoms with Crippen LogP contribution in [0.25, 0.3) is 0 Å². The summed E-state index contributed by atoms with van der Waals surface area (Å²) in [6.07, 6.45) is 0.454. The Bertz CT molecular complexity index is 571. The van der Waals surface area contributed by atoms with Gasteiger partial charge in [-0.3, -0.25) is 9.69 Å². The molecule has 0 atom stereocenters. The number of hydrogen-bond donors (Lipinski definition) is 1. The van der Waals surface area contributed by atoms with Crippen LogP contribution in [0.3, 0.4) is 0 Å². The molecular formula is C18H27N3O4. The molecule has 7 heteroatoms. The summed E-state index contributed by atoms with van der Waals surface area (Å²) >= 11 is 0. The smallest absolute Gasteiger partial charge is 0.409 e. The second-order valence-electron chi connectivity index (χ2n) is 5.87. The molecule has 1 aliphatic rings. The van der Waals surface area contributed by atoms with Crippen molar-refractivity contribution in [3.05, 3.63) is 29.8 Å². The number of hydrogen-bond acceptors (Lipinski definition) is 5. The number of amides is 2. The van der Waals surface area contributed by atoms with Gasteiger partial charge in [0.15, 0.2) is 0 Å². The van der Waals surface area contributed by atoms with Gasteiger partial charge in [-0.05, 0) is 25.0 Å². The molecule has 0 radical (unpaired) electrons. The van der Waals surface area contributed by atoms with Gasteiger partial charge in [-0.1, -0.05) is 18.2 Å². The van der Waals surface area contributed by atoms with Crippen LogP contribution in [0.5, 0.6) is 5.75 Å². The standard InChI is InChI=1S/C18H27N3O4/c1-3-25-18(23)21-12-10-20(11-13-21)14-17(22)19-9-8-15-6-4-5-7-16(15)24-2/h4-7H,3,8-14H2,1-2H3,(H,19,22). The molecule has 0 aromatic heterocycles. The van der Waals surface area contributed by atoms with Crippen LogP contribution in [-0.2, 0) is 16.0 Å². The summed E-state index contributed by atoms with van der Waals surface area (Å²) in [5, 5.41) is 2.94. The first-order chi connectivity index (χ1) is 12.1. The van der Waals surface area contributed by atoms with Gasteiger partial charge in [-0.2, -0.15) is 0 Å². The summed E-state index contributed by atoms with van der Waals surface area (Å²) < 4.78 is 10.3. The van der Waals surface area contributed by atoms with E-state index < -0.39 is 0 Å². The van der Waals surface area contributed by atoms with Gasteiger partial charge in [0, 0.05) is 32.7 Å². The van der Waals surface area contributed by atoms with E-state index >= 15 is 0 Å². The van der Waals surface area contributed by atoms with E-state index in [4.69, 9.17) is 9.47 Å². The van der Waals surface area contributed by atoms with Gasteiger partial charge < -0.3 is 19.7 Å². The van der Waals surface area contributed by atoms with Crippen LogP contribution in [0.4, 0.5) is 4.79 Å². The van der Waals surface area contributed by atoms with E-state index in [9.17, 15) is 9.59 Å².